The van der Waals surface area contributed by atoms with Crippen LogP contribution in [-0.2, 0) is 9.84 Å². The normalized spacial score (nSPS) is 24.6. The predicted molar refractivity (Wildman–Crippen MR) is 67.4 cm³/mol. The molecule has 0 amide bonds. The number of nitrogens with one attached hydrogen (secondary N) is 1. The SMILES string of the molecule is COc1ccc(C)c2c1NC(C)C(C#N)S2(=O)=O. The van der Waals surface area contributed by atoms with Gasteiger partial charge >= 0.3 is 0 Å². The maximum absolute atomic E-state index is 12.4. The van der Waals surface area contributed by atoms with Gasteiger partial charge < -0.3 is 10.1 Å². The van der Waals surface area contributed by atoms with Crippen molar-refractivity contribution in [2.75, 3.05) is 12.4 Å². The van der Waals surface area contributed by atoms with Gasteiger partial charge in [0.05, 0.1) is 29.8 Å². The third kappa shape index (κ3) is 1.63. The number of benzene rings is 1. The highest BCUT2D eigenvalue weighted by Gasteiger charge is 2.41. The van der Waals surface area contributed by atoms with E-state index in [0.717, 1.165) is 0 Å². The first-order valence-corrected chi connectivity index (χ1v) is 7.05. The fraction of sp³-hybridized carbons (Fsp3) is 0.417. The van der Waals surface area contributed by atoms with Crippen molar-refractivity contribution >= 4 is 15.5 Å². The Kier molecular flexibility index (Phi) is 2.95. The lowest BCUT2D eigenvalue weighted by Gasteiger charge is -2.30. The van der Waals surface area contributed by atoms with Gasteiger partial charge in [0.15, 0.2) is 15.1 Å². The van der Waals surface area contributed by atoms with Gasteiger partial charge in [-0.15, -0.1) is 0 Å². The van der Waals surface area contributed by atoms with Crippen LogP contribution >= 0.6 is 0 Å². The Bertz CT molecular complexity index is 631. The van der Waals surface area contributed by atoms with Gasteiger partial charge in [-0.05, 0) is 25.5 Å². The second-order valence-electron chi connectivity index (χ2n) is 4.32. The molecule has 2 atom stereocenters. The number of methoxy groups -OCH3 is 1. The smallest absolute Gasteiger partial charge is 0.199 e. The average Bonchev–Trinajstić information content (AvgIpc) is 2.28. The molecule has 5 nitrogen and oxygen atoms in total. The van der Waals surface area contributed by atoms with Gasteiger partial charge in [0.2, 0.25) is 0 Å². The molecule has 18 heavy (non-hydrogen) atoms. The molecule has 0 radical (unpaired) electrons. The van der Waals surface area contributed by atoms with Crippen LogP contribution < -0.4 is 10.1 Å². The first-order chi connectivity index (χ1) is 8.43. The molecule has 0 fully saturated rings. The van der Waals surface area contributed by atoms with Crippen LogP contribution in [0.3, 0.4) is 0 Å². The van der Waals surface area contributed by atoms with E-state index in [2.05, 4.69) is 5.32 Å². The lowest BCUT2D eigenvalue weighted by molar-refractivity contribution is 0.414. The molecule has 96 valence electrons. The molecule has 0 aromatic heterocycles. The van der Waals surface area contributed by atoms with Crippen molar-refractivity contribution in [3.05, 3.63) is 17.7 Å². The number of hydrogen-bond donors (Lipinski definition) is 1. The van der Waals surface area contributed by atoms with E-state index in [-0.39, 0.29) is 4.90 Å². The van der Waals surface area contributed by atoms with E-state index in [9.17, 15) is 8.42 Å². The first kappa shape index (κ1) is 12.7. The fourth-order valence-corrected chi connectivity index (χ4v) is 4.18. The van der Waals surface area contributed by atoms with Crippen LogP contribution in [0.2, 0.25) is 0 Å². The monoisotopic (exact) mass is 266 g/mol. The summed E-state index contributed by atoms with van der Waals surface area (Å²) in [7, 11) is -2.16. The number of ether oxygens (including phenoxy) is 1. The van der Waals surface area contributed by atoms with Gasteiger partial charge in [0.25, 0.3) is 0 Å². The molecule has 1 heterocycles. The third-order valence-corrected chi connectivity index (χ3v) is 5.39. The lowest BCUT2D eigenvalue weighted by Crippen LogP contribution is -2.41. The molecule has 2 rings (SSSR count). The topological polar surface area (TPSA) is 79.2 Å². The van der Waals surface area contributed by atoms with E-state index < -0.39 is 21.1 Å². The summed E-state index contributed by atoms with van der Waals surface area (Å²) in [5.41, 5.74) is 1.07. The highest BCUT2D eigenvalue weighted by Crippen LogP contribution is 2.40. The van der Waals surface area contributed by atoms with E-state index in [0.29, 0.717) is 17.0 Å². The van der Waals surface area contributed by atoms with Crippen LogP contribution in [0.5, 0.6) is 5.75 Å². The number of anilines is 1. The van der Waals surface area contributed by atoms with Crippen LogP contribution in [0.15, 0.2) is 17.0 Å². The quantitative estimate of drug-likeness (QED) is 0.833. The zero-order valence-electron chi connectivity index (χ0n) is 10.4. The van der Waals surface area contributed by atoms with Crippen molar-refractivity contribution < 1.29 is 13.2 Å². The van der Waals surface area contributed by atoms with E-state index in [1.807, 2.05) is 6.07 Å². The van der Waals surface area contributed by atoms with Gasteiger partial charge in [0.1, 0.15) is 5.75 Å². The zero-order chi connectivity index (χ0) is 13.5. The minimum Gasteiger partial charge on any atom is -0.495 e. The number of aryl methyl sites for hydroxylation is 1. The van der Waals surface area contributed by atoms with Gasteiger partial charge in [-0.25, -0.2) is 8.42 Å². The van der Waals surface area contributed by atoms with Gasteiger partial charge in [0, 0.05) is 0 Å². The van der Waals surface area contributed by atoms with Crippen LogP contribution in [0, 0.1) is 18.3 Å². The number of rotatable bonds is 1. The Balaban J connectivity index is 2.79. The molecule has 0 spiro atoms. The number of nitrogens with zero attached hydrogens (tertiary/aromatic N) is 1. The summed E-state index contributed by atoms with van der Waals surface area (Å²) in [6.07, 6.45) is 0. The number of nitriles is 1. The van der Waals surface area contributed by atoms with E-state index >= 15 is 0 Å². The zero-order valence-corrected chi connectivity index (χ0v) is 11.2. The van der Waals surface area contributed by atoms with Crippen LogP contribution in [0.4, 0.5) is 5.69 Å². The maximum Gasteiger partial charge on any atom is 0.199 e. The Morgan fingerprint density at radius 1 is 1.44 bits per heavy atom. The fourth-order valence-electron chi connectivity index (χ4n) is 2.22. The lowest BCUT2D eigenvalue weighted by atomic mass is 10.1. The van der Waals surface area contributed by atoms with Gasteiger partial charge in [-0.2, -0.15) is 5.26 Å². The molecule has 2 unspecified atom stereocenters. The molecular formula is C12H14N2O3S. The van der Waals surface area contributed by atoms with Gasteiger partial charge in [-0.1, -0.05) is 6.07 Å². The molecule has 1 N–H and O–H groups in total. The van der Waals surface area contributed by atoms with E-state index in [4.69, 9.17) is 10.00 Å². The number of hydrogen-bond acceptors (Lipinski definition) is 5. The summed E-state index contributed by atoms with van der Waals surface area (Å²) in [5, 5.41) is 11.0. The van der Waals surface area contributed by atoms with Crippen molar-refractivity contribution in [3.8, 4) is 11.8 Å². The summed E-state index contributed by atoms with van der Waals surface area (Å²) in [6, 6.07) is 4.79. The Morgan fingerprint density at radius 2 is 2.11 bits per heavy atom. The molecule has 1 aromatic carbocycles. The summed E-state index contributed by atoms with van der Waals surface area (Å²) in [4.78, 5) is 0.173. The van der Waals surface area contributed by atoms with Crippen molar-refractivity contribution in [1.29, 1.82) is 5.26 Å². The van der Waals surface area contributed by atoms with Crippen LogP contribution in [0.25, 0.3) is 0 Å². The molecule has 1 aromatic rings. The van der Waals surface area contributed by atoms with Crippen molar-refractivity contribution in [3.63, 3.8) is 0 Å². The summed E-state index contributed by atoms with van der Waals surface area (Å²) in [5.74, 6) is 0.474. The number of sulfone groups is 1. The Labute approximate surface area is 106 Å². The maximum atomic E-state index is 12.4. The third-order valence-electron chi connectivity index (χ3n) is 3.11. The Hall–Kier alpha value is -1.74. The predicted octanol–water partition coefficient (Wildman–Crippen LogP) is 1.48. The van der Waals surface area contributed by atoms with Crippen LogP contribution in [0.1, 0.15) is 12.5 Å². The summed E-state index contributed by atoms with van der Waals surface area (Å²) in [6.45, 7) is 3.39. The van der Waals surface area contributed by atoms with Gasteiger partial charge in [-0.3, -0.25) is 0 Å². The molecule has 6 heteroatoms. The largest absolute Gasteiger partial charge is 0.495 e. The highest BCUT2D eigenvalue weighted by atomic mass is 32.2. The molecule has 1 aliphatic heterocycles. The van der Waals surface area contributed by atoms with Crippen molar-refractivity contribution in [1.82, 2.24) is 0 Å². The summed E-state index contributed by atoms with van der Waals surface area (Å²) >= 11 is 0. The molecular weight excluding hydrogens is 252 g/mol. The van der Waals surface area contributed by atoms with E-state index in [1.54, 1.807) is 26.0 Å². The average molecular weight is 266 g/mol. The second-order valence-corrected chi connectivity index (χ2v) is 6.32. The first-order valence-electron chi connectivity index (χ1n) is 5.51. The second kappa shape index (κ2) is 4.18. The molecule has 0 saturated carbocycles. The molecule has 0 saturated heterocycles. The van der Waals surface area contributed by atoms with Crippen molar-refractivity contribution in [2.24, 2.45) is 0 Å². The standard InChI is InChI=1S/C12H14N2O3S/c1-7-4-5-9(17-3)11-12(7)18(15,16)10(6-13)8(2)14-11/h4-5,8,10,14H,1-3H3. The van der Waals surface area contributed by atoms with E-state index in [1.165, 1.54) is 7.11 Å². The Morgan fingerprint density at radius 3 is 2.67 bits per heavy atom. The molecule has 0 aliphatic carbocycles. The summed E-state index contributed by atoms with van der Waals surface area (Å²) < 4.78 is 30.0. The van der Waals surface area contributed by atoms with Crippen molar-refractivity contribution in [2.45, 2.75) is 30.0 Å². The van der Waals surface area contributed by atoms with Crippen LogP contribution in [-0.4, -0.2) is 26.8 Å². The minimum absolute atomic E-state index is 0.173. The number of fused-ring (bicyclic) bond motifs is 1. The molecule has 1 aliphatic rings. The minimum atomic E-state index is -3.65. The highest BCUT2D eigenvalue weighted by molar-refractivity contribution is 7.92. The molecule has 0 bridgehead atoms.